The van der Waals surface area contributed by atoms with Crippen LogP contribution in [0.2, 0.25) is 0 Å². The first-order valence-corrected chi connectivity index (χ1v) is 6.43. The zero-order valence-electron chi connectivity index (χ0n) is 11.8. The lowest BCUT2D eigenvalue weighted by Crippen LogP contribution is -2.46. The van der Waals surface area contributed by atoms with Gasteiger partial charge in [0.1, 0.15) is 0 Å². The van der Waals surface area contributed by atoms with Gasteiger partial charge in [0.2, 0.25) is 5.91 Å². The highest BCUT2D eigenvalue weighted by molar-refractivity contribution is 5.85. The van der Waals surface area contributed by atoms with E-state index in [1.165, 1.54) is 0 Å². The van der Waals surface area contributed by atoms with Crippen LogP contribution in [0.5, 0.6) is 0 Å². The highest BCUT2D eigenvalue weighted by atomic mass is 35.5. The minimum atomic E-state index is 0. The van der Waals surface area contributed by atoms with Gasteiger partial charge in [0.05, 0.1) is 13.2 Å². The summed E-state index contributed by atoms with van der Waals surface area (Å²) in [4.78, 5) is 13.9. The predicted octanol–water partition coefficient (Wildman–Crippen LogP) is 0.794. The number of nitrogens with zero attached hydrogens (tertiary/aromatic N) is 1. The van der Waals surface area contributed by atoms with Crippen LogP contribution in [-0.2, 0) is 9.53 Å². The van der Waals surface area contributed by atoms with E-state index in [9.17, 15) is 4.79 Å². The zero-order chi connectivity index (χ0) is 12.7. The van der Waals surface area contributed by atoms with Crippen molar-refractivity contribution in [2.45, 2.75) is 38.8 Å². The van der Waals surface area contributed by atoms with E-state index in [0.717, 1.165) is 39.3 Å². The molecule has 1 rings (SSSR count). The Morgan fingerprint density at radius 3 is 2.42 bits per heavy atom. The normalized spacial score (nSPS) is 18.7. The van der Waals surface area contributed by atoms with Crippen molar-refractivity contribution in [2.75, 3.05) is 32.8 Å². The van der Waals surface area contributed by atoms with Crippen LogP contribution in [-0.4, -0.2) is 55.7 Å². The summed E-state index contributed by atoms with van der Waals surface area (Å²) in [5.74, 6) is 0.100. The standard InChI is InChI=1S/C12H25N3O2.2ClH/c1-10(13)3-4-12(16)14-11(2)9-15-5-7-17-8-6-15;;/h10-11H,3-9,13H2,1-2H3,(H,14,16);2*1H. The predicted molar refractivity (Wildman–Crippen MR) is 82.2 cm³/mol. The summed E-state index contributed by atoms with van der Waals surface area (Å²) in [6.07, 6.45) is 1.27. The van der Waals surface area contributed by atoms with Crippen LogP contribution < -0.4 is 11.1 Å². The number of carbonyl (C=O) groups excluding carboxylic acids is 1. The molecule has 0 radical (unpaired) electrons. The molecule has 0 bridgehead atoms. The highest BCUT2D eigenvalue weighted by Crippen LogP contribution is 1.99. The Morgan fingerprint density at radius 2 is 1.89 bits per heavy atom. The Hall–Kier alpha value is -0.0700. The van der Waals surface area contributed by atoms with E-state index in [4.69, 9.17) is 10.5 Å². The number of amides is 1. The molecule has 0 spiro atoms. The number of morpholine rings is 1. The lowest BCUT2D eigenvalue weighted by Gasteiger charge is -2.29. The van der Waals surface area contributed by atoms with Crippen molar-refractivity contribution in [3.05, 3.63) is 0 Å². The summed E-state index contributed by atoms with van der Waals surface area (Å²) < 4.78 is 5.28. The quantitative estimate of drug-likeness (QED) is 0.760. The van der Waals surface area contributed by atoms with E-state index in [-0.39, 0.29) is 42.8 Å². The van der Waals surface area contributed by atoms with Crippen LogP contribution in [0.15, 0.2) is 0 Å². The fourth-order valence-corrected chi connectivity index (χ4v) is 1.92. The van der Waals surface area contributed by atoms with E-state index in [0.29, 0.717) is 6.42 Å². The number of rotatable bonds is 6. The third-order valence-electron chi connectivity index (χ3n) is 2.87. The average molecular weight is 316 g/mol. The Bertz CT molecular complexity index is 237. The van der Waals surface area contributed by atoms with Crippen molar-refractivity contribution < 1.29 is 9.53 Å². The Balaban J connectivity index is 0. The first-order chi connectivity index (χ1) is 8.08. The summed E-state index contributed by atoms with van der Waals surface area (Å²) in [5.41, 5.74) is 5.62. The van der Waals surface area contributed by atoms with Crippen LogP contribution in [0, 0.1) is 0 Å². The van der Waals surface area contributed by atoms with Gasteiger partial charge < -0.3 is 15.8 Å². The molecule has 1 fully saturated rings. The van der Waals surface area contributed by atoms with Crippen molar-refractivity contribution in [3.8, 4) is 0 Å². The third-order valence-corrected chi connectivity index (χ3v) is 2.87. The Kier molecular flexibility index (Phi) is 13.1. The number of nitrogens with one attached hydrogen (secondary N) is 1. The van der Waals surface area contributed by atoms with Gasteiger partial charge in [-0.05, 0) is 20.3 Å². The molecule has 0 aromatic heterocycles. The van der Waals surface area contributed by atoms with Gasteiger partial charge in [-0.1, -0.05) is 0 Å². The van der Waals surface area contributed by atoms with Gasteiger partial charge in [-0.3, -0.25) is 9.69 Å². The summed E-state index contributed by atoms with van der Waals surface area (Å²) >= 11 is 0. The topological polar surface area (TPSA) is 67.6 Å². The lowest BCUT2D eigenvalue weighted by molar-refractivity contribution is -0.122. The summed E-state index contributed by atoms with van der Waals surface area (Å²) in [6.45, 7) is 8.37. The Morgan fingerprint density at radius 1 is 1.32 bits per heavy atom. The van der Waals surface area contributed by atoms with Crippen LogP contribution in [0.3, 0.4) is 0 Å². The molecule has 0 aliphatic carbocycles. The van der Waals surface area contributed by atoms with E-state index in [2.05, 4.69) is 10.2 Å². The number of hydrogen-bond acceptors (Lipinski definition) is 4. The molecule has 19 heavy (non-hydrogen) atoms. The summed E-state index contributed by atoms with van der Waals surface area (Å²) in [7, 11) is 0. The van der Waals surface area contributed by atoms with Gasteiger partial charge in [-0.2, -0.15) is 0 Å². The molecule has 1 amide bonds. The number of carbonyl (C=O) groups is 1. The van der Waals surface area contributed by atoms with E-state index in [1.54, 1.807) is 0 Å². The smallest absolute Gasteiger partial charge is 0.220 e. The maximum atomic E-state index is 11.6. The molecule has 1 aliphatic rings. The number of ether oxygens (including phenoxy) is 1. The molecular weight excluding hydrogens is 289 g/mol. The second-order valence-electron chi connectivity index (χ2n) is 4.90. The van der Waals surface area contributed by atoms with Crippen molar-refractivity contribution in [2.24, 2.45) is 5.73 Å². The second kappa shape index (κ2) is 11.7. The van der Waals surface area contributed by atoms with Crippen molar-refractivity contribution in [1.82, 2.24) is 10.2 Å². The molecule has 3 N–H and O–H groups in total. The van der Waals surface area contributed by atoms with Gasteiger partial charge in [-0.15, -0.1) is 24.8 Å². The van der Waals surface area contributed by atoms with E-state index >= 15 is 0 Å². The van der Waals surface area contributed by atoms with Gasteiger partial charge >= 0.3 is 0 Å². The molecule has 0 aromatic rings. The monoisotopic (exact) mass is 315 g/mol. The third kappa shape index (κ3) is 10.4. The van der Waals surface area contributed by atoms with Gasteiger partial charge in [-0.25, -0.2) is 0 Å². The van der Waals surface area contributed by atoms with Gasteiger partial charge in [0, 0.05) is 38.1 Å². The molecule has 7 heteroatoms. The fraction of sp³-hybridized carbons (Fsp3) is 0.917. The van der Waals surface area contributed by atoms with Crippen LogP contribution in [0.25, 0.3) is 0 Å². The Labute approximate surface area is 128 Å². The first kappa shape index (κ1) is 21.2. The molecule has 1 aliphatic heterocycles. The van der Waals surface area contributed by atoms with E-state index < -0.39 is 0 Å². The molecule has 0 saturated carbocycles. The van der Waals surface area contributed by atoms with Crippen LogP contribution in [0.4, 0.5) is 0 Å². The largest absolute Gasteiger partial charge is 0.379 e. The van der Waals surface area contributed by atoms with Gasteiger partial charge in [0.25, 0.3) is 0 Å². The molecular formula is C12H27Cl2N3O2. The summed E-state index contributed by atoms with van der Waals surface area (Å²) in [6, 6.07) is 0.281. The molecule has 1 heterocycles. The minimum Gasteiger partial charge on any atom is -0.379 e. The molecule has 0 aromatic carbocycles. The molecule has 5 nitrogen and oxygen atoms in total. The fourth-order valence-electron chi connectivity index (χ4n) is 1.92. The number of hydrogen-bond donors (Lipinski definition) is 2. The van der Waals surface area contributed by atoms with E-state index in [1.807, 2.05) is 13.8 Å². The number of nitrogens with two attached hydrogens (primary N) is 1. The maximum Gasteiger partial charge on any atom is 0.220 e. The van der Waals surface area contributed by atoms with Crippen LogP contribution >= 0.6 is 24.8 Å². The zero-order valence-corrected chi connectivity index (χ0v) is 13.4. The average Bonchev–Trinajstić information content (AvgIpc) is 2.27. The van der Waals surface area contributed by atoms with Crippen molar-refractivity contribution >= 4 is 30.7 Å². The molecule has 2 atom stereocenters. The van der Waals surface area contributed by atoms with Gasteiger partial charge in [0.15, 0.2) is 0 Å². The second-order valence-corrected chi connectivity index (χ2v) is 4.90. The first-order valence-electron chi connectivity index (χ1n) is 6.43. The highest BCUT2D eigenvalue weighted by Gasteiger charge is 2.15. The lowest BCUT2D eigenvalue weighted by atomic mass is 10.2. The SMILES string of the molecule is CC(N)CCC(=O)NC(C)CN1CCOCC1.Cl.Cl. The minimum absolute atomic E-state index is 0. The maximum absolute atomic E-state index is 11.6. The van der Waals surface area contributed by atoms with Crippen LogP contribution in [0.1, 0.15) is 26.7 Å². The summed E-state index contributed by atoms with van der Waals surface area (Å²) in [5, 5.41) is 3.01. The molecule has 116 valence electrons. The van der Waals surface area contributed by atoms with Crippen molar-refractivity contribution in [1.29, 1.82) is 0 Å². The molecule has 1 saturated heterocycles. The molecule has 2 unspecified atom stereocenters. The number of halogens is 2. The van der Waals surface area contributed by atoms with Crippen molar-refractivity contribution in [3.63, 3.8) is 0 Å².